The minimum Gasteiger partial charge on any atom is -0.315 e. The highest BCUT2D eigenvalue weighted by Crippen LogP contribution is 2.37. The first-order chi connectivity index (χ1) is 9.34. The summed E-state index contributed by atoms with van der Waals surface area (Å²) in [6, 6.07) is 8.94. The van der Waals surface area contributed by atoms with E-state index in [1.165, 1.54) is 16.2 Å². The standard InChI is InChI=1S/C14H17ClN2S2/c15-13-5-4-12(19-13)14(11-3-1-10-18-11)17-8-2-6-16-7-9-17/h1,3-5,10,14,16H,2,6-9H2. The minimum atomic E-state index is 0.373. The third kappa shape index (κ3) is 3.20. The van der Waals surface area contributed by atoms with E-state index < -0.39 is 0 Å². The number of nitrogens with one attached hydrogen (secondary N) is 1. The molecule has 1 atom stereocenters. The molecule has 0 aromatic carbocycles. The van der Waals surface area contributed by atoms with Gasteiger partial charge in [-0.1, -0.05) is 17.7 Å². The van der Waals surface area contributed by atoms with E-state index in [9.17, 15) is 0 Å². The highest BCUT2D eigenvalue weighted by atomic mass is 35.5. The van der Waals surface area contributed by atoms with Crippen molar-refractivity contribution >= 4 is 34.3 Å². The van der Waals surface area contributed by atoms with Crippen molar-refractivity contribution in [3.05, 3.63) is 43.7 Å². The molecule has 2 aromatic rings. The highest BCUT2D eigenvalue weighted by molar-refractivity contribution is 7.16. The number of hydrogen-bond acceptors (Lipinski definition) is 4. The Bertz CT molecular complexity index is 501. The van der Waals surface area contributed by atoms with E-state index in [4.69, 9.17) is 11.6 Å². The molecule has 1 N–H and O–H groups in total. The Hall–Kier alpha value is -0.390. The van der Waals surface area contributed by atoms with E-state index >= 15 is 0 Å². The fourth-order valence-electron chi connectivity index (χ4n) is 2.55. The van der Waals surface area contributed by atoms with E-state index in [0.29, 0.717) is 6.04 Å². The maximum Gasteiger partial charge on any atom is 0.0931 e. The summed E-state index contributed by atoms with van der Waals surface area (Å²) in [6.45, 7) is 4.43. The van der Waals surface area contributed by atoms with E-state index in [2.05, 4.69) is 33.8 Å². The zero-order chi connectivity index (χ0) is 13.1. The zero-order valence-electron chi connectivity index (χ0n) is 10.6. The molecule has 102 valence electrons. The summed E-state index contributed by atoms with van der Waals surface area (Å²) < 4.78 is 0.879. The lowest BCUT2D eigenvalue weighted by molar-refractivity contribution is 0.247. The van der Waals surface area contributed by atoms with Crippen LogP contribution in [0, 0.1) is 0 Å². The summed E-state index contributed by atoms with van der Waals surface area (Å²) in [7, 11) is 0. The Kier molecular flexibility index (Phi) is 4.56. The van der Waals surface area contributed by atoms with Crippen LogP contribution in [-0.4, -0.2) is 31.1 Å². The molecule has 2 aromatic heterocycles. The Morgan fingerprint density at radius 3 is 2.84 bits per heavy atom. The van der Waals surface area contributed by atoms with Crippen molar-refractivity contribution in [2.24, 2.45) is 0 Å². The fraction of sp³-hybridized carbons (Fsp3) is 0.429. The van der Waals surface area contributed by atoms with Crippen LogP contribution in [0.4, 0.5) is 0 Å². The topological polar surface area (TPSA) is 15.3 Å². The van der Waals surface area contributed by atoms with Crippen LogP contribution in [0.2, 0.25) is 4.34 Å². The van der Waals surface area contributed by atoms with Gasteiger partial charge in [-0.25, -0.2) is 0 Å². The van der Waals surface area contributed by atoms with Gasteiger partial charge >= 0.3 is 0 Å². The Morgan fingerprint density at radius 2 is 2.11 bits per heavy atom. The van der Waals surface area contributed by atoms with Gasteiger partial charge in [-0.2, -0.15) is 0 Å². The molecule has 1 saturated heterocycles. The lowest BCUT2D eigenvalue weighted by Gasteiger charge is -2.29. The summed E-state index contributed by atoms with van der Waals surface area (Å²) in [6.07, 6.45) is 1.21. The molecule has 2 nitrogen and oxygen atoms in total. The molecule has 0 bridgehead atoms. The van der Waals surface area contributed by atoms with Gasteiger partial charge in [0.15, 0.2) is 0 Å². The molecule has 0 amide bonds. The third-order valence-corrected chi connectivity index (χ3v) is 5.62. The van der Waals surface area contributed by atoms with Crippen LogP contribution in [0.5, 0.6) is 0 Å². The van der Waals surface area contributed by atoms with Crippen molar-refractivity contribution in [2.75, 3.05) is 26.2 Å². The van der Waals surface area contributed by atoms with Crippen LogP contribution in [0.15, 0.2) is 29.6 Å². The SMILES string of the molecule is Clc1ccc(C(c2cccs2)N2CCCNCC2)s1. The molecular weight excluding hydrogens is 296 g/mol. The van der Waals surface area contributed by atoms with Crippen molar-refractivity contribution < 1.29 is 0 Å². The quantitative estimate of drug-likeness (QED) is 0.926. The molecule has 0 spiro atoms. The summed E-state index contributed by atoms with van der Waals surface area (Å²) in [5.74, 6) is 0. The Labute approximate surface area is 127 Å². The van der Waals surface area contributed by atoms with Gasteiger partial charge in [-0.15, -0.1) is 22.7 Å². The second-order valence-corrected chi connectivity index (χ2v) is 7.43. The van der Waals surface area contributed by atoms with Crippen molar-refractivity contribution in [1.29, 1.82) is 0 Å². The first-order valence-corrected chi connectivity index (χ1v) is 8.65. The molecule has 0 saturated carbocycles. The normalized spacial score (nSPS) is 19.2. The molecule has 0 aliphatic carbocycles. The molecule has 5 heteroatoms. The van der Waals surface area contributed by atoms with Gasteiger partial charge in [0.2, 0.25) is 0 Å². The second kappa shape index (κ2) is 6.37. The van der Waals surface area contributed by atoms with Crippen LogP contribution in [0.25, 0.3) is 0 Å². The van der Waals surface area contributed by atoms with E-state index in [0.717, 1.165) is 30.5 Å². The summed E-state index contributed by atoms with van der Waals surface area (Å²) in [5.41, 5.74) is 0. The third-order valence-electron chi connectivity index (χ3n) is 3.42. The average molecular weight is 313 g/mol. The van der Waals surface area contributed by atoms with Crippen molar-refractivity contribution in [1.82, 2.24) is 10.2 Å². The molecule has 3 rings (SSSR count). The number of rotatable bonds is 3. The number of hydrogen-bond donors (Lipinski definition) is 1. The molecule has 1 fully saturated rings. The number of nitrogens with zero attached hydrogens (tertiary/aromatic N) is 1. The van der Waals surface area contributed by atoms with Gasteiger partial charge in [-0.3, -0.25) is 4.90 Å². The molecule has 1 unspecified atom stereocenters. The lowest BCUT2D eigenvalue weighted by atomic mass is 10.1. The molecule has 1 aliphatic heterocycles. The van der Waals surface area contributed by atoms with Crippen LogP contribution < -0.4 is 5.32 Å². The lowest BCUT2D eigenvalue weighted by Crippen LogP contribution is -2.32. The second-order valence-electron chi connectivity index (χ2n) is 4.70. The Balaban J connectivity index is 1.91. The van der Waals surface area contributed by atoms with Crippen LogP contribution in [0.1, 0.15) is 22.2 Å². The largest absolute Gasteiger partial charge is 0.315 e. The van der Waals surface area contributed by atoms with Gasteiger partial charge in [0.05, 0.1) is 10.4 Å². The highest BCUT2D eigenvalue weighted by Gasteiger charge is 2.25. The van der Waals surface area contributed by atoms with Gasteiger partial charge in [0.1, 0.15) is 0 Å². The molecular formula is C14H17ClN2S2. The summed E-state index contributed by atoms with van der Waals surface area (Å²) in [5, 5.41) is 5.63. The van der Waals surface area contributed by atoms with Crippen LogP contribution >= 0.6 is 34.3 Å². The van der Waals surface area contributed by atoms with E-state index in [1.807, 2.05) is 17.4 Å². The first-order valence-electron chi connectivity index (χ1n) is 6.58. The van der Waals surface area contributed by atoms with E-state index in [-0.39, 0.29) is 0 Å². The fourth-order valence-corrected chi connectivity index (χ4v) is 4.71. The predicted molar refractivity (Wildman–Crippen MR) is 84.6 cm³/mol. The van der Waals surface area contributed by atoms with Crippen molar-refractivity contribution in [3.63, 3.8) is 0 Å². The van der Waals surface area contributed by atoms with Gasteiger partial charge in [0.25, 0.3) is 0 Å². The minimum absolute atomic E-state index is 0.373. The molecule has 19 heavy (non-hydrogen) atoms. The zero-order valence-corrected chi connectivity index (χ0v) is 13.0. The maximum atomic E-state index is 6.13. The summed E-state index contributed by atoms with van der Waals surface area (Å²) >= 11 is 9.67. The van der Waals surface area contributed by atoms with Gasteiger partial charge in [-0.05, 0) is 36.5 Å². The molecule has 1 aliphatic rings. The van der Waals surface area contributed by atoms with Crippen LogP contribution in [-0.2, 0) is 0 Å². The van der Waals surface area contributed by atoms with Crippen LogP contribution in [0.3, 0.4) is 0 Å². The van der Waals surface area contributed by atoms with Crippen molar-refractivity contribution in [3.8, 4) is 0 Å². The average Bonchev–Trinajstić information content (AvgIpc) is 2.98. The van der Waals surface area contributed by atoms with Gasteiger partial charge < -0.3 is 5.32 Å². The summed E-state index contributed by atoms with van der Waals surface area (Å²) in [4.78, 5) is 5.35. The Morgan fingerprint density at radius 1 is 1.16 bits per heavy atom. The first kappa shape index (κ1) is 13.6. The van der Waals surface area contributed by atoms with E-state index in [1.54, 1.807) is 11.3 Å². The predicted octanol–water partition coefficient (Wildman–Crippen LogP) is 3.85. The number of thiophene rings is 2. The molecule has 3 heterocycles. The molecule has 0 radical (unpaired) electrons. The van der Waals surface area contributed by atoms with Crippen molar-refractivity contribution in [2.45, 2.75) is 12.5 Å². The van der Waals surface area contributed by atoms with Gasteiger partial charge in [0, 0.05) is 29.4 Å². The monoisotopic (exact) mass is 312 g/mol. The maximum absolute atomic E-state index is 6.13. The number of halogens is 1. The smallest absolute Gasteiger partial charge is 0.0931 e.